The van der Waals surface area contributed by atoms with Crippen LogP contribution in [0.1, 0.15) is 11.3 Å². The van der Waals surface area contributed by atoms with Gasteiger partial charge in [0.1, 0.15) is 5.75 Å². The molecular weight excluding hydrogens is 280 g/mol. The number of nitro benzene ring substituents is 1. The summed E-state index contributed by atoms with van der Waals surface area (Å²) in [5, 5.41) is 13.3. The Morgan fingerprint density at radius 3 is 2.73 bits per heavy atom. The van der Waals surface area contributed by atoms with Crippen molar-refractivity contribution in [2.75, 3.05) is 7.11 Å². The van der Waals surface area contributed by atoms with Gasteiger partial charge in [-0.05, 0) is 17.5 Å². The van der Waals surface area contributed by atoms with Gasteiger partial charge in [-0.1, -0.05) is 30.3 Å². The molecule has 0 aliphatic rings. The number of rotatable bonds is 4. The zero-order valence-electron chi connectivity index (χ0n) is 12.0. The summed E-state index contributed by atoms with van der Waals surface area (Å²) in [5.41, 5.74) is 1.39. The fourth-order valence-electron chi connectivity index (χ4n) is 2.58. The highest BCUT2D eigenvalue weighted by molar-refractivity contribution is 5.84. The second kappa shape index (κ2) is 5.81. The maximum atomic E-state index is 11.3. The van der Waals surface area contributed by atoms with Gasteiger partial charge in [0, 0.05) is 24.1 Å². The highest BCUT2D eigenvalue weighted by Crippen LogP contribution is 2.31. The smallest absolute Gasteiger partial charge is 0.276 e. The third-order valence-electron chi connectivity index (χ3n) is 3.63. The van der Waals surface area contributed by atoms with Gasteiger partial charge in [-0.3, -0.25) is 15.1 Å². The van der Waals surface area contributed by atoms with Crippen molar-refractivity contribution in [3.8, 4) is 5.75 Å². The summed E-state index contributed by atoms with van der Waals surface area (Å²) < 4.78 is 5.29. The minimum atomic E-state index is -0.386. The topological polar surface area (TPSA) is 65.3 Å². The Hall–Kier alpha value is -2.95. The normalized spacial score (nSPS) is 10.6. The lowest BCUT2D eigenvalue weighted by atomic mass is 10.0. The molecule has 3 rings (SSSR count). The third kappa shape index (κ3) is 2.48. The van der Waals surface area contributed by atoms with E-state index in [1.165, 1.54) is 13.2 Å². The van der Waals surface area contributed by atoms with Crippen molar-refractivity contribution < 1.29 is 9.66 Å². The van der Waals surface area contributed by atoms with Gasteiger partial charge in [-0.15, -0.1) is 0 Å². The van der Waals surface area contributed by atoms with Crippen LogP contribution in [-0.2, 0) is 6.42 Å². The molecule has 22 heavy (non-hydrogen) atoms. The molecule has 0 spiro atoms. The predicted octanol–water partition coefficient (Wildman–Crippen LogP) is 3.74. The number of nitrogens with zero attached hydrogens (tertiary/aromatic N) is 2. The lowest BCUT2D eigenvalue weighted by Crippen LogP contribution is -2.01. The average Bonchev–Trinajstić information content (AvgIpc) is 2.55. The summed E-state index contributed by atoms with van der Waals surface area (Å²) in [4.78, 5) is 15.3. The second-order valence-electron chi connectivity index (χ2n) is 4.87. The molecule has 1 aromatic heterocycles. The molecule has 0 N–H and O–H groups in total. The minimum absolute atomic E-state index is 0.0501. The van der Waals surface area contributed by atoms with E-state index in [0.717, 1.165) is 16.5 Å². The summed E-state index contributed by atoms with van der Waals surface area (Å²) in [6.07, 6.45) is 2.07. The molecule has 0 bridgehead atoms. The Morgan fingerprint density at radius 2 is 1.95 bits per heavy atom. The number of hydrogen-bond donors (Lipinski definition) is 0. The number of fused-ring (bicyclic) bond motifs is 1. The van der Waals surface area contributed by atoms with E-state index in [1.807, 2.05) is 30.3 Å². The van der Waals surface area contributed by atoms with Crippen molar-refractivity contribution >= 4 is 16.5 Å². The molecule has 0 saturated heterocycles. The molecule has 0 atom stereocenters. The molecule has 0 fully saturated rings. The first kappa shape index (κ1) is 14.0. The molecule has 0 aliphatic heterocycles. The number of aromatic nitrogens is 1. The van der Waals surface area contributed by atoms with Crippen molar-refractivity contribution in [2.45, 2.75) is 6.42 Å². The lowest BCUT2D eigenvalue weighted by Gasteiger charge is -2.10. The van der Waals surface area contributed by atoms with E-state index in [9.17, 15) is 10.1 Å². The number of methoxy groups -OCH3 is 1. The fraction of sp³-hybridized carbons (Fsp3) is 0.118. The Labute approximate surface area is 127 Å². The average molecular weight is 294 g/mol. The molecule has 110 valence electrons. The highest BCUT2D eigenvalue weighted by atomic mass is 16.6. The first-order valence-corrected chi connectivity index (χ1v) is 6.83. The third-order valence-corrected chi connectivity index (χ3v) is 3.63. The first-order chi connectivity index (χ1) is 10.7. The van der Waals surface area contributed by atoms with Crippen LogP contribution in [0.4, 0.5) is 5.69 Å². The van der Waals surface area contributed by atoms with Crippen LogP contribution < -0.4 is 4.74 Å². The maximum absolute atomic E-state index is 11.3. The van der Waals surface area contributed by atoms with Crippen molar-refractivity contribution in [3.63, 3.8) is 0 Å². The van der Waals surface area contributed by atoms with Crippen molar-refractivity contribution in [1.82, 2.24) is 4.98 Å². The number of benzene rings is 2. The number of hydrogen-bond acceptors (Lipinski definition) is 4. The molecule has 5 heteroatoms. The van der Waals surface area contributed by atoms with Gasteiger partial charge < -0.3 is 4.74 Å². The van der Waals surface area contributed by atoms with E-state index in [-0.39, 0.29) is 10.6 Å². The largest absolute Gasteiger partial charge is 0.496 e. The molecule has 3 aromatic rings. The van der Waals surface area contributed by atoms with Crippen molar-refractivity contribution in [1.29, 1.82) is 0 Å². The van der Waals surface area contributed by atoms with Gasteiger partial charge >= 0.3 is 0 Å². The molecule has 5 nitrogen and oxygen atoms in total. The van der Waals surface area contributed by atoms with Crippen LogP contribution in [0.3, 0.4) is 0 Å². The standard InChI is InChI=1S/C17H14N2O3/c1-22-17-8-4-7-16(19(20)21)14(17)11-15-13-6-3-2-5-12(13)9-10-18-15/h2-10H,11H2,1H3. The van der Waals surface area contributed by atoms with Gasteiger partial charge in [0.15, 0.2) is 0 Å². The predicted molar refractivity (Wildman–Crippen MR) is 84.2 cm³/mol. The van der Waals surface area contributed by atoms with Crippen LogP contribution in [0.5, 0.6) is 5.75 Å². The van der Waals surface area contributed by atoms with Gasteiger partial charge in [-0.25, -0.2) is 0 Å². The Balaban J connectivity index is 2.14. The molecule has 0 aliphatic carbocycles. The molecule has 2 aromatic carbocycles. The monoisotopic (exact) mass is 294 g/mol. The van der Waals surface area contributed by atoms with Gasteiger partial charge in [0.05, 0.1) is 23.3 Å². The summed E-state index contributed by atoms with van der Waals surface area (Å²) in [5.74, 6) is 0.504. The quantitative estimate of drug-likeness (QED) is 0.543. The molecule has 0 unspecified atom stereocenters. The van der Waals surface area contributed by atoms with Crippen LogP contribution in [0, 0.1) is 10.1 Å². The number of pyridine rings is 1. The van der Waals surface area contributed by atoms with E-state index >= 15 is 0 Å². The Kier molecular flexibility index (Phi) is 3.70. The SMILES string of the molecule is COc1cccc([N+](=O)[O-])c1Cc1nccc2ccccc12. The van der Waals surface area contributed by atoms with E-state index in [4.69, 9.17) is 4.74 Å². The van der Waals surface area contributed by atoms with E-state index in [2.05, 4.69) is 4.98 Å². The van der Waals surface area contributed by atoms with Gasteiger partial charge in [0.2, 0.25) is 0 Å². The zero-order valence-corrected chi connectivity index (χ0v) is 12.0. The Bertz CT molecular complexity index is 841. The molecule has 0 radical (unpaired) electrons. The molecule has 0 saturated carbocycles. The number of nitro groups is 1. The van der Waals surface area contributed by atoms with Gasteiger partial charge in [0.25, 0.3) is 5.69 Å². The summed E-state index contributed by atoms with van der Waals surface area (Å²) in [6, 6.07) is 14.6. The van der Waals surface area contributed by atoms with Crippen LogP contribution >= 0.6 is 0 Å². The minimum Gasteiger partial charge on any atom is -0.496 e. The van der Waals surface area contributed by atoms with Crippen LogP contribution in [0.2, 0.25) is 0 Å². The molecule has 0 amide bonds. The highest BCUT2D eigenvalue weighted by Gasteiger charge is 2.19. The fourth-order valence-corrected chi connectivity index (χ4v) is 2.58. The van der Waals surface area contributed by atoms with E-state index in [1.54, 1.807) is 18.3 Å². The van der Waals surface area contributed by atoms with Crippen molar-refractivity contribution in [2.24, 2.45) is 0 Å². The van der Waals surface area contributed by atoms with Crippen LogP contribution in [-0.4, -0.2) is 17.0 Å². The molecule has 1 heterocycles. The summed E-state index contributed by atoms with van der Waals surface area (Å²) in [6.45, 7) is 0. The van der Waals surface area contributed by atoms with Gasteiger partial charge in [-0.2, -0.15) is 0 Å². The Morgan fingerprint density at radius 1 is 1.14 bits per heavy atom. The van der Waals surface area contributed by atoms with Crippen LogP contribution in [0.15, 0.2) is 54.7 Å². The second-order valence-corrected chi connectivity index (χ2v) is 4.87. The van der Waals surface area contributed by atoms with Crippen molar-refractivity contribution in [3.05, 3.63) is 76.1 Å². The first-order valence-electron chi connectivity index (χ1n) is 6.83. The van der Waals surface area contributed by atoms with Crippen LogP contribution in [0.25, 0.3) is 10.8 Å². The zero-order chi connectivity index (χ0) is 15.5. The maximum Gasteiger partial charge on any atom is 0.276 e. The molecular formula is C17H14N2O3. The van der Waals surface area contributed by atoms with E-state index < -0.39 is 0 Å². The summed E-state index contributed by atoms with van der Waals surface area (Å²) in [7, 11) is 1.51. The number of ether oxygens (including phenoxy) is 1. The summed E-state index contributed by atoms with van der Waals surface area (Å²) >= 11 is 0. The lowest BCUT2D eigenvalue weighted by molar-refractivity contribution is -0.385. The van der Waals surface area contributed by atoms with E-state index in [0.29, 0.717) is 17.7 Å².